The first-order chi connectivity index (χ1) is 17.3. The second-order valence-corrected chi connectivity index (χ2v) is 8.69. The zero-order valence-corrected chi connectivity index (χ0v) is 20.9. The molecule has 184 valence electrons. The van der Waals surface area contributed by atoms with Crippen LogP contribution in [0.5, 0.6) is 11.5 Å². The average Bonchev–Trinajstić information content (AvgIpc) is 2.84. The maximum absolute atomic E-state index is 13.3. The van der Waals surface area contributed by atoms with Crippen LogP contribution >= 0.6 is 11.6 Å². The molecule has 0 unspecified atom stereocenters. The van der Waals surface area contributed by atoms with Gasteiger partial charge in [-0.05, 0) is 67.3 Å². The third-order valence-corrected chi connectivity index (χ3v) is 5.86. The first-order valence-electron chi connectivity index (χ1n) is 11.4. The van der Waals surface area contributed by atoms with Crippen LogP contribution in [-0.4, -0.2) is 24.5 Å². The normalized spacial score (nSPS) is 14.7. The van der Waals surface area contributed by atoms with Crippen LogP contribution in [0.1, 0.15) is 29.2 Å². The molecule has 36 heavy (non-hydrogen) atoms. The van der Waals surface area contributed by atoms with Crippen LogP contribution in [0.3, 0.4) is 0 Å². The number of aryl methyl sites for hydroxylation is 2. The fourth-order valence-corrected chi connectivity index (χ4v) is 4.08. The number of hydrogen-bond donors (Lipinski definition) is 1. The Kier molecular flexibility index (Phi) is 7.41. The maximum Gasteiger partial charge on any atom is 0.335 e. The highest BCUT2D eigenvalue weighted by atomic mass is 35.5. The predicted molar refractivity (Wildman–Crippen MR) is 138 cm³/mol. The molecule has 8 heteroatoms. The quantitative estimate of drug-likeness (QED) is 0.334. The molecule has 1 N–H and O–H groups in total. The second kappa shape index (κ2) is 10.7. The second-order valence-electron chi connectivity index (χ2n) is 8.29. The van der Waals surface area contributed by atoms with E-state index in [0.29, 0.717) is 29.4 Å². The van der Waals surface area contributed by atoms with Gasteiger partial charge in [0.15, 0.2) is 11.5 Å². The van der Waals surface area contributed by atoms with Crippen molar-refractivity contribution in [2.75, 3.05) is 11.5 Å². The number of halogens is 1. The third kappa shape index (κ3) is 5.26. The number of carbonyl (C=O) groups excluding carboxylic acids is 3. The molecule has 4 amide bonds. The molecule has 1 aliphatic rings. The van der Waals surface area contributed by atoms with E-state index in [1.165, 1.54) is 6.08 Å². The molecular weight excluding hydrogens is 480 g/mol. The summed E-state index contributed by atoms with van der Waals surface area (Å²) < 4.78 is 11.7. The Balaban J connectivity index is 1.69. The van der Waals surface area contributed by atoms with Crippen LogP contribution < -0.4 is 19.7 Å². The summed E-state index contributed by atoms with van der Waals surface area (Å²) in [5, 5.41) is 2.51. The van der Waals surface area contributed by atoms with Gasteiger partial charge in [-0.2, -0.15) is 0 Å². The molecule has 0 bridgehead atoms. The van der Waals surface area contributed by atoms with Crippen molar-refractivity contribution < 1.29 is 23.9 Å². The molecule has 0 radical (unpaired) electrons. The minimum Gasteiger partial charge on any atom is -0.490 e. The van der Waals surface area contributed by atoms with Gasteiger partial charge in [0.25, 0.3) is 11.8 Å². The molecule has 1 aliphatic heterocycles. The third-order valence-electron chi connectivity index (χ3n) is 5.58. The zero-order chi connectivity index (χ0) is 25.8. The van der Waals surface area contributed by atoms with Gasteiger partial charge in [-0.3, -0.25) is 14.9 Å². The molecule has 1 heterocycles. The van der Waals surface area contributed by atoms with Crippen molar-refractivity contribution in [3.05, 3.63) is 93.5 Å². The van der Waals surface area contributed by atoms with Crippen molar-refractivity contribution in [3.63, 3.8) is 0 Å². The number of anilines is 1. The standard InChI is InChI=1S/C28H25ClN2O5/c1-4-35-24-15-20(14-22(29)25(24)36-16-19-8-6-5-7-9-19)13-21-26(32)30-28(34)31(27(21)33)23-12-17(2)10-11-18(23)3/h5-15H,4,16H2,1-3H3,(H,30,32,34)/b21-13+. The molecule has 1 saturated heterocycles. The van der Waals surface area contributed by atoms with E-state index in [2.05, 4.69) is 5.32 Å². The van der Waals surface area contributed by atoms with Gasteiger partial charge < -0.3 is 9.47 Å². The van der Waals surface area contributed by atoms with Crippen LogP contribution in [-0.2, 0) is 16.2 Å². The van der Waals surface area contributed by atoms with E-state index in [9.17, 15) is 14.4 Å². The monoisotopic (exact) mass is 504 g/mol. The van der Waals surface area contributed by atoms with Gasteiger partial charge in [-0.25, -0.2) is 9.69 Å². The Labute approximate surface area is 214 Å². The number of amides is 4. The smallest absolute Gasteiger partial charge is 0.335 e. The summed E-state index contributed by atoms with van der Waals surface area (Å²) in [4.78, 5) is 39.5. The Bertz CT molecular complexity index is 1370. The largest absolute Gasteiger partial charge is 0.490 e. The first-order valence-corrected chi connectivity index (χ1v) is 11.8. The number of urea groups is 1. The van der Waals surface area contributed by atoms with E-state index < -0.39 is 17.8 Å². The first kappa shape index (κ1) is 25.0. The summed E-state index contributed by atoms with van der Waals surface area (Å²) in [6, 6.07) is 17.5. The van der Waals surface area contributed by atoms with Crippen molar-refractivity contribution in [1.82, 2.24) is 5.32 Å². The van der Waals surface area contributed by atoms with Gasteiger partial charge in [0, 0.05) is 0 Å². The molecular formula is C28H25ClN2O5. The highest BCUT2D eigenvalue weighted by Crippen LogP contribution is 2.38. The van der Waals surface area contributed by atoms with Gasteiger partial charge in [-0.1, -0.05) is 54.1 Å². The topological polar surface area (TPSA) is 84.9 Å². The van der Waals surface area contributed by atoms with Crippen molar-refractivity contribution in [2.24, 2.45) is 0 Å². The zero-order valence-electron chi connectivity index (χ0n) is 20.1. The van der Waals surface area contributed by atoms with Crippen molar-refractivity contribution in [3.8, 4) is 11.5 Å². The Morgan fingerprint density at radius 3 is 2.44 bits per heavy atom. The van der Waals surface area contributed by atoms with Gasteiger partial charge >= 0.3 is 6.03 Å². The number of hydrogen-bond acceptors (Lipinski definition) is 5. The van der Waals surface area contributed by atoms with Crippen molar-refractivity contribution in [2.45, 2.75) is 27.4 Å². The van der Waals surface area contributed by atoms with Crippen LogP contribution in [0.2, 0.25) is 5.02 Å². The van der Waals surface area contributed by atoms with Gasteiger partial charge in [0.1, 0.15) is 12.2 Å². The fraction of sp³-hybridized carbons (Fsp3) is 0.179. The summed E-state index contributed by atoms with van der Waals surface area (Å²) in [5.41, 5.74) is 3.21. The molecule has 0 aliphatic carbocycles. The van der Waals surface area contributed by atoms with Crippen molar-refractivity contribution >= 4 is 41.2 Å². The van der Waals surface area contributed by atoms with E-state index in [1.807, 2.05) is 56.3 Å². The lowest BCUT2D eigenvalue weighted by Gasteiger charge is -2.28. The van der Waals surface area contributed by atoms with E-state index >= 15 is 0 Å². The van der Waals surface area contributed by atoms with Crippen LogP contribution in [0.15, 0.2) is 66.2 Å². The van der Waals surface area contributed by atoms with E-state index in [1.54, 1.807) is 25.1 Å². The molecule has 0 atom stereocenters. The van der Waals surface area contributed by atoms with Gasteiger partial charge in [0.2, 0.25) is 0 Å². The molecule has 1 fully saturated rings. The highest BCUT2D eigenvalue weighted by Gasteiger charge is 2.37. The van der Waals surface area contributed by atoms with E-state index in [4.69, 9.17) is 21.1 Å². The molecule has 7 nitrogen and oxygen atoms in total. The maximum atomic E-state index is 13.3. The number of nitrogens with zero attached hydrogens (tertiary/aromatic N) is 1. The minimum atomic E-state index is -0.798. The van der Waals surface area contributed by atoms with Crippen LogP contribution in [0.25, 0.3) is 6.08 Å². The number of nitrogens with one attached hydrogen (secondary N) is 1. The van der Waals surface area contributed by atoms with Gasteiger partial charge in [-0.15, -0.1) is 0 Å². The lowest BCUT2D eigenvalue weighted by Crippen LogP contribution is -2.54. The number of imide groups is 2. The Hall–Kier alpha value is -4.10. The van der Waals surface area contributed by atoms with Crippen LogP contribution in [0.4, 0.5) is 10.5 Å². The Morgan fingerprint density at radius 2 is 1.72 bits per heavy atom. The summed E-state index contributed by atoms with van der Waals surface area (Å²) in [6.45, 7) is 6.11. The summed E-state index contributed by atoms with van der Waals surface area (Å²) >= 11 is 6.53. The minimum absolute atomic E-state index is 0.202. The number of ether oxygens (including phenoxy) is 2. The molecule has 4 rings (SSSR count). The average molecular weight is 505 g/mol. The van der Waals surface area contributed by atoms with Crippen molar-refractivity contribution in [1.29, 1.82) is 0 Å². The molecule has 0 spiro atoms. The fourth-order valence-electron chi connectivity index (χ4n) is 3.81. The molecule has 0 saturated carbocycles. The summed E-state index contributed by atoms with van der Waals surface area (Å²) in [7, 11) is 0. The number of benzene rings is 3. The lowest BCUT2D eigenvalue weighted by molar-refractivity contribution is -0.122. The number of barbiturate groups is 1. The lowest BCUT2D eigenvalue weighted by atomic mass is 10.0. The SMILES string of the molecule is CCOc1cc(/C=C2\C(=O)NC(=O)N(c3cc(C)ccc3C)C2=O)cc(Cl)c1OCc1ccccc1. The molecule has 3 aromatic carbocycles. The summed E-state index contributed by atoms with van der Waals surface area (Å²) in [6.07, 6.45) is 1.39. The molecule has 0 aromatic heterocycles. The number of carbonyl (C=O) groups is 3. The summed E-state index contributed by atoms with van der Waals surface area (Å²) in [5.74, 6) is -0.781. The number of rotatable bonds is 7. The van der Waals surface area contributed by atoms with E-state index in [0.717, 1.165) is 21.6 Å². The highest BCUT2D eigenvalue weighted by molar-refractivity contribution is 6.39. The van der Waals surface area contributed by atoms with E-state index in [-0.39, 0.29) is 17.2 Å². The predicted octanol–water partition coefficient (Wildman–Crippen LogP) is 5.60. The molecule has 3 aromatic rings. The Morgan fingerprint density at radius 1 is 0.972 bits per heavy atom. The van der Waals surface area contributed by atoms with Crippen LogP contribution in [0, 0.1) is 13.8 Å². The van der Waals surface area contributed by atoms with Gasteiger partial charge in [0.05, 0.1) is 17.3 Å².